The number of urea groups is 1. The molecule has 0 bridgehead atoms. The van der Waals surface area contributed by atoms with Crippen molar-refractivity contribution in [3.63, 3.8) is 0 Å². The van der Waals surface area contributed by atoms with Gasteiger partial charge < -0.3 is 15.5 Å². The topological polar surface area (TPSA) is 70.2 Å². The number of nitrogens with one attached hydrogen (secondary N) is 2. The first kappa shape index (κ1) is 16.2. The first-order valence-electron chi connectivity index (χ1n) is 7.20. The zero-order valence-electron chi connectivity index (χ0n) is 13.1. The molecule has 2 aromatic heterocycles. The molecule has 2 aromatic rings. The lowest BCUT2D eigenvalue weighted by Crippen LogP contribution is -2.30. The van der Waals surface area contributed by atoms with Crippen LogP contribution in [0.2, 0.25) is 0 Å². The predicted molar refractivity (Wildman–Crippen MR) is 90.8 cm³/mol. The molecule has 0 saturated heterocycles. The maximum atomic E-state index is 11.8. The molecule has 0 saturated carbocycles. The van der Waals surface area contributed by atoms with E-state index in [9.17, 15) is 4.79 Å². The minimum atomic E-state index is -0.230. The van der Waals surface area contributed by atoms with Crippen LogP contribution in [-0.4, -0.2) is 36.6 Å². The van der Waals surface area contributed by atoms with Gasteiger partial charge >= 0.3 is 6.03 Å². The van der Waals surface area contributed by atoms with Gasteiger partial charge in [-0.15, -0.1) is 11.3 Å². The molecule has 0 unspecified atom stereocenters. The SMILES string of the molecule is CCc1cnc(CCNC(=O)Nc2ccc(N(C)C)nc2)s1. The molecule has 0 aliphatic carbocycles. The van der Waals surface area contributed by atoms with Crippen LogP contribution in [-0.2, 0) is 12.8 Å². The monoisotopic (exact) mass is 319 g/mol. The molecule has 6 nitrogen and oxygen atoms in total. The summed E-state index contributed by atoms with van der Waals surface area (Å²) >= 11 is 1.70. The molecule has 0 fully saturated rings. The number of anilines is 2. The molecule has 0 aliphatic rings. The van der Waals surface area contributed by atoms with Crippen molar-refractivity contribution < 1.29 is 4.79 Å². The third-order valence-corrected chi connectivity index (χ3v) is 4.24. The maximum Gasteiger partial charge on any atom is 0.319 e. The van der Waals surface area contributed by atoms with Gasteiger partial charge in [0, 0.05) is 38.1 Å². The lowest BCUT2D eigenvalue weighted by atomic mass is 10.4. The molecule has 22 heavy (non-hydrogen) atoms. The summed E-state index contributed by atoms with van der Waals surface area (Å²) in [5.74, 6) is 0.849. The predicted octanol–water partition coefficient (Wildman–Crippen LogP) is 2.53. The Labute approximate surface area is 134 Å². The number of rotatable bonds is 6. The van der Waals surface area contributed by atoms with E-state index in [1.54, 1.807) is 17.5 Å². The number of hydrogen-bond acceptors (Lipinski definition) is 5. The minimum absolute atomic E-state index is 0.230. The number of carbonyl (C=O) groups is 1. The summed E-state index contributed by atoms with van der Waals surface area (Å²) in [4.78, 5) is 23.6. The van der Waals surface area contributed by atoms with Crippen molar-refractivity contribution in [1.29, 1.82) is 0 Å². The number of thiazole rings is 1. The number of carbonyl (C=O) groups excluding carboxylic acids is 1. The highest BCUT2D eigenvalue weighted by atomic mass is 32.1. The highest BCUT2D eigenvalue weighted by molar-refractivity contribution is 7.11. The molecule has 2 rings (SSSR count). The van der Waals surface area contributed by atoms with Gasteiger partial charge in [-0.05, 0) is 18.6 Å². The lowest BCUT2D eigenvalue weighted by Gasteiger charge is -2.12. The van der Waals surface area contributed by atoms with E-state index < -0.39 is 0 Å². The van der Waals surface area contributed by atoms with Gasteiger partial charge in [-0.25, -0.2) is 14.8 Å². The van der Waals surface area contributed by atoms with E-state index in [2.05, 4.69) is 27.5 Å². The molecule has 0 spiro atoms. The highest BCUT2D eigenvalue weighted by Crippen LogP contribution is 2.13. The van der Waals surface area contributed by atoms with E-state index in [4.69, 9.17) is 0 Å². The quantitative estimate of drug-likeness (QED) is 0.858. The standard InChI is InChI=1S/C15H21N5OS/c1-4-12-10-18-14(22-12)7-8-16-15(21)19-11-5-6-13(17-9-11)20(2)3/h5-6,9-10H,4,7-8H2,1-3H3,(H2,16,19,21). The molecule has 0 aromatic carbocycles. The Kier molecular flexibility index (Phi) is 5.71. The Morgan fingerprint density at radius 1 is 1.27 bits per heavy atom. The van der Waals surface area contributed by atoms with Crippen molar-refractivity contribution in [3.8, 4) is 0 Å². The fourth-order valence-electron chi connectivity index (χ4n) is 1.81. The van der Waals surface area contributed by atoms with Crippen molar-refractivity contribution >= 4 is 28.9 Å². The van der Waals surface area contributed by atoms with Crippen LogP contribution in [0.15, 0.2) is 24.5 Å². The highest BCUT2D eigenvalue weighted by Gasteiger charge is 2.04. The van der Waals surface area contributed by atoms with Crippen LogP contribution < -0.4 is 15.5 Å². The third-order valence-electron chi connectivity index (χ3n) is 3.04. The Bertz CT molecular complexity index is 609. The summed E-state index contributed by atoms with van der Waals surface area (Å²) in [7, 11) is 3.84. The normalized spacial score (nSPS) is 10.3. The van der Waals surface area contributed by atoms with Crippen LogP contribution in [0.1, 0.15) is 16.8 Å². The van der Waals surface area contributed by atoms with Gasteiger partial charge in [0.05, 0.1) is 16.9 Å². The van der Waals surface area contributed by atoms with Gasteiger partial charge in [0.25, 0.3) is 0 Å². The number of amides is 2. The van der Waals surface area contributed by atoms with E-state index in [1.807, 2.05) is 37.3 Å². The molecule has 118 valence electrons. The van der Waals surface area contributed by atoms with Crippen molar-refractivity contribution in [3.05, 3.63) is 34.4 Å². The van der Waals surface area contributed by atoms with Crippen LogP contribution in [0.4, 0.5) is 16.3 Å². The molecule has 0 aliphatic heterocycles. The van der Waals surface area contributed by atoms with Gasteiger partial charge in [-0.2, -0.15) is 0 Å². The van der Waals surface area contributed by atoms with Gasteiger partial charge in [0.1, 0.15) is 5.82 Å². The molecule has 0 radical (unpaired) electrons. The molecule has 0 atom stereocenters. The molecule has 2 amide bonds. The van der Waals surface area contributed by atoms with E-state index in [0.29, 0.717) is 12.2 Å². The molecule has 2 heterocycles. The van der Waals surface area contributed by atoms with Crippen LogP contribution in [0.25, 0.3) is 0 Å². The van der Waals surface area contributed by atoms with Gasteiger partial charge in [-0.1, -0.05) is 6.92 Å². The minimum Gasteiger partial charge on any atom is -0.363 e. The van der Waals surface area contributed by atoms with Crippen molar-refractivity contribution in [1.82, 2.24) is 15.3 Å². The van der Waals surface area contributed by atoms with Crippen LogP contribution in [0, 0.1) is 0 Å². The summed E-state index contributed by atoms with van der Waals surface area (Å²) in [6.45, 7) is 2.67. The number of hydrogen-bond donors (Lipinski definition) is 2. The largest absolute Gasteiger partial charge is 0.363 e. The molecular formula is C15H21N5OS. The maximum absolute atomic E-state index is 11.8. The van der Waals surface area contributed by atoms with Gasteiger partial charge in [-0.3, -0.25) is 0 Å². The van der Waals surface area contributed by atoms with Crippen molar-refractivity contribution in [2.45, 2.75) is 19.8 Å². The van der Waals surface area contributed by atoms with E-state index in [1.165, 1.54) is 4.88 Å². The average molecular weight is 319 g/mol. The second kappa shape index (κ2) is 7.74. The summed E-state index contributed by atoms with van der Waals surface area (Å²) in [6.07, 6.45) is 5.29. The van der Waals surface area contributed by atoms with E-state index >= 15 is 0 Å². The van der Waals surface area contributed by atoms with E-state index in [-0.39, 0.29) is 6.03 Å². The zero-order valence-corrected chi connectivity index (χ0v) is 13.9. The zero-order chi connectivity index (χ0) is 15.9. The molecular weight excluding hydrogens is 298 g/mol. The van der Waals surface area contributed by atoms with Crippen LogP contribution >= 0.6 is 11.3 Å². The summed E-state index contributed by atoms with van der Waals surface area (Å²) in [5.41, 5.74) is 0.672. The Balaban J connectivity index is 1.75. The fourth-order valence-corrected chi connectivity index (χ4v) is 2.67. The number of aryl methyl sites for hydroxylation is 1. The number of aromatic nitrogens is 2. The fraction of sp³-hybridized carbons (Fsp3) is 0.400. The van der Waals surface area contributed by atoms with Crippen LogP contribution in [0.3, 0.4) is 0 Å². The van der Waals surface area contributed by atoms with E-state index in [0.717, 1.165) is 23.7 Å². The Morgan fingerprint density at radius 3 is 2.68 bits per heavy atom. The Hall–Kier alpha value is -2.15. The molecule has 2 N–H and O–H groups in total. The lowest BCUT2D eigenvalue weighted by molar-refractivity contribution is 0.252. The summed E-state index contributed by atoms with van der Waals surface area (Å²) < 4.78 is 0. The van der Waals surface area contributed by atoms with Gasteiger partial charge in [0.15, 0.2) is 0 Å². The second-order valence-corrected chi connectivity index (χ2v) is 6.20. The number of nitrogens with zero attached hydrogens (tertiary/aromatic N) is 3. The second-order valence-electron chi connectivity index (χ2n) is 5.00. The molecule has 7 heteroatoms. The summed E-state index contributed by atoms with van der Waals surface area (Å²) in [6, 6.07) is 3.46. The first-order valence-corrected chi connectivity index (χ1v) is 8.02. The smallest absolute Gasteiger partial charge is 0.319 e. The summed E-state index contributed by atoms with van der Waals surface area (Å²) in [5, 5.41) is 6.64. The number of pyridine rings is 1. The average Bonchev–Trinajstić information content (AvgIpc) is 2.96. The van der Waals surface area contributed by atoms with Crippen molar-refractivity contribution in [2.24, 2.45) is 0 Å². The first-order chi connectivity index (χ1) is 10.6. The third kappa shape index (κ3) is 4.70. The van der Waals surface area contributed by atoms with Crippen molar-refractivity contribution in [2.75, 3.05) is 30.9 Å². The van der Waals surface area contributed by atoms with Crippen LogP contribution in [0.5, 0.6) is 0 Å². The van der Waals surface area contributed by atoms with Gasteiger partial charge in [0.2, 0.25) is 0 Å². The Morgan fingerprint density at radius 2 is 2.09 bits per heavy atom.